The molecule has 4 nitrogen and oxygen atoms in total. The normalized spacial score (nSPS) is 18.1. The lowest BCUT2D eigenvalue weighted by molar-refractivity contribution is -0.121. The van der Waals surface area contributed by atoms with Crippen molar-refractivity contribution < 1.29 is 4.79 Å². The maximum Gasteiger partial charge on any atom is 0.240 e. The Kier molecular flexibility index (Phi) is 6.18. The highest BCUT2D eigenvalue weighted by Crippen LogP contribution is 2.43. The summed E-state index contributed by atoms with van der Waals surface area (Å²) in [4.78, 5) is 14.5. The summed E-state index contributed by atoms with van der Waals surface area (Å²) in [5.41, 5.74) is 7.67. The van der Waals surface area contributed by atoms with Gasteiger partial charge in [0.25, 0.3) is 0 Å². The number of aryl methyl sites for hydroxylation is 1. The summed E-state index contributed by atoms with van der Waals surface area (Å²) in [7, 11) is 0. The second-order valence-corrected chi connectivity index (χ2v) is 8.26. The Hall–Kier alpha value is -2.62. The SMILES string of the molecule is CCN1c2ccc(/C=N/NC(=O)CCc3ccccc3)cc2C(C)CC1(C)C. The Bertz CT molecular complexity index is 842. The van der Waals surface area contributed by atoms with E-state index in [0.29, 0.717) is 12.3 Å². The van der Waals surface area contributed by atoms with Crippen molar-refractivity contribution >= 4 is 17.8 Å². The van der Waals surface area contributed by atoms with E-state index in [1.54, 1.807) is 6.21 Å². The smallest absolute Gasteiger partial charge is 0.240 e. The molecule has 4 heteroatoms. The molecule has 28 heavy (non-hydrogen) atoms. The van der Waals surface area contributed by atoms with E-state index < -0.39 is 0 Å². The number of carbonyl (C=O) groups is 1. The van der Waals surface area contributed by atoms with E-state index in [0.717, 1.165) is 30.5 Å². The summed E-state index contributed by atoms with van der Waals surface area (Å²) >= 11 is 0. The van der Waals surface area contributed by atoms with Gasteiger partial charge in [-0.3, -0.25) is 4.79 Å². The van der Waals surface area contributed by atoms with Crippen molar-refractivity contribution in [3.8, 4) is 0 Å². The number of anilines is 1. The molecule has 1 heterocycles. The van der Waals surface area contributed by atoms with Crippen LogP contribution in [0.15, 0.2) is 53.6 Å². The number of nitrogens with one attached hydrogen (secondary N) is 1. The minimum absolute atomic E-state index is 0.0645. The van der Waals surface area contributed by atoms with Crippen molar-refractivity contribution in [2.45, 2.75) is 58.4 Å². The molecular formula is C24H31N3O. The van der Waals surface area contributed by atoms with E-state index >= 15 is 0 Å². The zero-order valence-electron chi connectivity index (χ0n) is 17.4. The Morgan fingerprint density at radius 2 is 2.00 bits per heavy atom. The lowest BCUT2D eigenvalue weighted by Crippen LogP contribution is -2.48. The van der Waals surface area contributed by atoms with Crippen molar-refractivity contribution in [2.24, 2.45) is 5.10 Å². The fourth-order valence-electron chi connectivity index (χ4n) is 4.32. The molecule has 1 unspecified atom stereocenters. The summed E-state index contributed by atoms with van der Waals surface area (Å²) in [6.45, 7) is 10.1. The van der Waals surface area contributed by atoms with Crippen LogP contribution in [0.1, 0.15) is 63.1 Å². The van der Waals surface area contributed by atoms with E-state index in [1.165, 1.54) is 11.3 Å². The van der Waals surface area contributed by atoms with Gasteiger partial charge in [0, 0.05) is 24.2 Å². The van der Waals surface area contributed by atoms with Gasteiger partial charge in [-0.2, -0.15) is 5.10 Å². The van der Waals surface area contributed by atoms with Crippen molar-refractivity contribution in [3.63, 3.8) is 0 Å². The number of amides is 1. The summed E-state index contributed by atoms with van der Waals surface area (Å²) in [6.07, 6.45) is 4.03. The van der Waals surface area contributed by atoms with Gasteiger partial charge < -0.3 is 4.90 Å². The molecular weight excluding hydrogens is 346 g/mol. The molecule has 3 rings (SSSR count). The fourth-order valence-corrected chi connectivity index (χ4v) is 4.32. The van der Waals surface area contributed by atoms with Crippen molar-refractivity contribution in [1.29, 1.82) is 0 Å². The molecule has 1 N–H and O–H groups in total. The second-order valence-electron chi connectivity index (χ2n) is 8.26. The van der Waals surface area contributed by atoms with Crippen LogP contribution >= 0.6 is 0 Å². The maximum atomic E-state index is 12.0. The molecule has 0 bridgehead atoms. The highest BCUT2D eigenvalue weighted by atomic mass is 16.2. The zero-order valence-corrected chi connectivity index (χ0v) is 17.4. The van der Waals surface area contributed by atoms with Crippen LogP contribution in [-0.2, 0) is 11.2 Å². The van der Waals surface area contributed by atoms with Crippen molar-refractivity contribution in [2.75, 3.05) is 11.4 Å². The van der Waals surface area contributed by atoms with Gasteiger partial charge in [-0.15, -0.1) is 0 Å². The summed E-state index contributed by atoms with van der Waals surface area (Å²) < 4.78 is 0. The number of benzene rings is 2. The van der Waals surface area contributed by atoms with E-state index in [4.69, 9.17) is 0 Å². The second kappa shape index (κ2) is 8.59. The largest absolute Gasteiger partial charge is 0.366 e. The fraction of sp³-hybridized carbons (Fsp3) is 0.417. The van der Waals surface area contributed by atoms with Gasteiger partial charge in [-0.25, -0.2) is 5.43 Å². The third-order valence-corrected chi connectivity index (χ3v) is 5.61. The quantitative estimate of drug-likeness (QED) is 0.576. The molecule has 2 aromatic carbocycles. The zero-order chi connectivity index (χ0) is 20.1. The first-order chi connectivity index (χ1) is 13.4. The van der Waals surface area contributed by atoms with Crippen LogP contribution in [0.4, 0.5) is 5.69 Å². The molecule has 0 saturated heterocycles. The van der Waals surface area contributed by atoms with Crippen LogP contribution in [0.25, 0.3) is 0 Å². The predicted octanol–water partition coefficient (Wildman–Crippen LogP) is 4.88. The lowest BCUT2D eigenvalue weighted by Gasteiger charge is -2.47. The van der Waals surface area contributed by atoms with E-state index in [-0.39, 0.29) is 11.4 Å². The van der Waals surface area contributed by atoms with Gasteiger partial charge in [-0.1, -0.05) is 43.3 Å². The van der Waals surface area contributed by atoms with Gasteiger partial charge >= 0.3 is 0 Å². The monoisotopic (exact) mass is 377 g/mol. The molecule has 0 radical (unpaired) electrons. The first-order valence-corrected chi connectivity index (χ1v) is 10.2. The number of fused-ring (bicyclic) bond motifs is 1. The van der Waals surface area contributed by atoms with Gasteiger partial charge in [0.05, 0.1) is 6.21 Å². The Morgan fingerprint density at radius 3 is 2.71 bits per heavy atom. The minimum atomic E-state index is -0.0645. The number of carbonyl (C=O) groups excluding carboxylic acids is 1. The first kappa shape index (κ1) is 20.1. The molecule has 1 aliphatic heterocycles. The van der Waals surface area contributed by atoms with Gasteiger partial charge in [0.1, 0.15) is 0 Å². The summed E-state index contributed by atoms with van der Waals surface area (Å²) in [5.74, 6) is 0.437. The molecule has 1 aliphatic rings. The van der Waals surface area contributed by atoms with Gasteiger partial charge in [-0.05, 0) is 68.4 Å². The number of hydrazone groups is 1. The van der Waals surface area contributed by atoms with Crippen LogP contribution in [0.5, 0.6) is 0 Å². The number of hydrogen-bond donors (Lipinski definition) is 1. The Morgan fingerprint density at radius 1 is 1.25 bits per heavy atom. The molecule has 0 spiro atoms. The highest BCUT2D eigenvalue weighted by Gasteiger charge is 2.35. The van der Waals surface area contributed by atoms with E-state index in [1.807, 2.05) is 30.3 Å². The van der Waals surface area contributed by atoms with Crippen LogP contribution in [0, 0.1) is 0 Å². The summed E-state index contributed by atoms with van der Waals surface area (Å²) in [6, 6.07) is 16.5. The Balaban J connectivity index is 1.62. The van der Waals surface area contributed by atoms with Crippen LogP contribution in [0.3, 0.4) is 0 Å². The molecule has 1 atom stereocenters. The average molecular weight is 378 g/mol. The number of nitrogens with zero attached hydrogens (tertiary/aromatic N) is 2. The Labute approximate surface area is 168 Å². The standard InChI is InChI=1S/C24H31N3O/c1-5-27-22-13-11-20(15-21(22)18(2)16-24(27,3)4)17-25-26-23(28)14-12-19-9-7-6-8-10-19/h6-11,13,15,17-18H,5,12,14,16H2,1-4H3,(H,26,28)/b25-17+. The molecule has 0 aromatic heterocycles. The van der Waals surface area contributed by atoms with E-state index in [9.17, 15) is 4.79 Å². The van der Waals surface area contributed by atoms with Gasteiger partial charge in [0.15, 0.2) is 0 Å². The molecule has 0 fully saturated rings. The molecule has 2 aromatic rings. The number of hydrogen-bond acceptors (Lipinski definition) is 3. The molecule has 0 aliphatic carbocycles. The third-order valence-electron chi connectivity index (χ3n) is 5.61. The summed E-state index contributed by atoms with van der Waals surface area (Å²) in [5, 5.41) is 4.16. The van der Waals surface area contributed by atoms with Crippen LogP contribution < -0.4 is 10.3 Å². The predicted molar refractivity (Wildman–Crippen MR) is 117 cm³/mol. The van der Waals surface area contributed by atoms with Gasteiger partial charge in [0.2, 0.25) is 5.91 Å². The average Bonchev–Trinajstić information content (AvgIpc) is 2.67. The molecule has 0 saturated carbocycles. The molecule has 148 valence electrons. The highest BCUT2D eigenvalue weighted by molar-refractivity contribution is 5.84. The third kappa shape index (κ3) is 4.61. The van der Waals surface area contributed by atoms with Crippen molar-refractivity contribution in [3.05, 3.63) is 65.2 Å². The minimum Gasteiger partial charge on any atom is -0.366 e. The maximum absolute atomic E-state index is 12.0. The van der Waals surface area contributed by atoms with E-state index in [2.05, 4.69) is 61.3 Å². The van der Waals surface area contributed by atoms with Crippen LogP contribution in [-0.4, -0.2) is 24.2 Å². The first-order valence-electron chi connectivity index (χ1n) is 10.2. The lowest BCUT2D eigenvalue weighted by atomic mass is 9.79. The molecule has 1 amide bonds. The topological polar surface area (TPSA) is 44.7 Å². The van der Waals surface area contributed by atoms with Crippen molar-refractivity contribution in [1.82, 2.24) is 5.43 Å². The number of rotatable bonds is 6. The van der Waals surface area contributed by atoms with Crippen LogP contribution in [0.2, 0.25) is 0 Å².